The van der Waals surface area contributed by atoms with E-state index in [4.69, 9.17) is 11.6 Å². The van der Waals surface area contributed by atoms with Gasteiger partial charge in [-0.1, -0.05) is 0 Å². The predicted octanol–water partition coefficient (Wildman–Crippen LogP) is 3.98. The second-order valence-electron chi connectivity index (χ2n) is 5.77. The Morgan fingerprint density at radius 1 is 0.947 bits per heavy atom. The fourth-order valence-corrected chi connectivity index (χ4v) is 5.81. The zero-order chi connectivity index (χ0) is 13.6. The van der Waals surface area contributed by atoms with Crippen LogP contribution in [-0.4, -0.2) is 23.2 Å². The summed E-state index contributed by atoms with van der Waals surface area (Å²) < 4.78 is 1.44. The molecule has 0 radical (unpaired) electrons. The third-order valence-electron chi connectivity index (χ3n) is 3.40. The van der Waals surface area contributed by atoms with E-state index in [1.165, 1.54) is 9.78 Å². The van der Waals surface area contributed by atoms with E-state index in [0.717, 1.165) is 16.3 Å². The number of pyridine rings is 2. The van der Waals surface area contributed by atoms with Crippen molar-refractivity contribution in [1.82, 2.24) is 9.97 Å². The molecule has 0 spiro atoms. The molecule has 3 rings (SSSR count). The Kier molecular flexibility index (Phi) is 3.02. The van der Waals surface area contributed by atoms with E-state index in [9.17, 15) is 0 Å². The summed E-state index contributed by atoms with van der Waals surface area (Å²) in [4.78, 5) is 8.78. The van der Waals surface area contributed by atoms with E-state index < -0.39 is 13.3 Å². The SMILES string of the molecule is [CH3][Ge]([CH3])([CH3])[c]1cccc2c1ncc1c(Cl)nccc12. The van der Waals surface area contributed by atoms with Crippen LogP contribution < -0.4 is 4.40 Å². The zero-order valence-electron chi connectivity index (χ0n) is 11.2. The van der Waals surface area contributed by atoms with Crippen molar-refractivity contribution in [3.63, 3.8) is 0 Å². The van der Waals surface area contributed by atoms with Gasteiger partial charge in [0.15, 0.2) is 0 Å². The van der Waals surface area contributed by atoms with Crippen molar-refractivity contribution in [2.45, 2.75) is 17.3 Å². The molecule has 0 atom stereocenters. The molecule has 0 aliphatic heterocycles. The van der Waals surface area contributed by atoms with Crippen LogP contribution in [-0.2, 0) is 0 Å². The molecular weight excluding hydrogens is 316 g/mol. The Bertz CT molecular complexity index is 778. The molecule has 19 heavy (non-hydrogen) atoms. The molecule has 96 valence electrons. The second-order valence-corrected chi connectivity index (χ2v) is 16.7. The van der Waals surface area contributed by atoms with E-state index >= 15 is 0 Å². The monoisotopic (exact) mass is 332 g/mol. The van der Waals surface area contributed by atoms with Crippen LogP contribution in [0.3, 0.4) is 0 Å². The zero-order valence-corrected chi connectivity index (χ0v) is 14.1. The van der Waals surface area contributed by atoms with Gasteiger partial charge in [0.1, 0.15) is 0 Å². The predicted molar refractivity (Wildman–Crippen MR) is 85.0 cm³/mol. The van der Waals surface area contributed by atoms with E-state index in [2.05, 4.69) is 45.4 Å². The van der Waals surface area contributed by atoms with Crippen LogP contribution >= 0.6 is 11.6 Å². The number of nitrogens with zero attached hydrogens (tertiary/aromatic N) is 2. The van der Waals surface area contributed by atoms with Gasteiger partial charge < -0.3 is 0 Å². The molecule has 2 aromatic heterocycles. The van der Waals surface area contributed by atoms with Crippen molar-refractivity contribution < 1.29 is 0 Å². The Labute approximate surface area is 120 Å². The Morgan fingerprint density at radius 3 is 2.47 bits per heavy atom. The van der Waals surface area contributed by atoms with Crippen LogP contribution in [0.5, 0.6) is 0 Å². The maximum absolute atomic E-state index is 6.15. The summed E-state index contributed by atoms with van der Waals surface area (Å²) in [6.45, 7) is 0. The topological polar surface area (TPSA) is 25.8 Å². The van der Waals surface area contributed by atoms with Gasteiger partial charge in [0.25, 0.3) is 0 Å². The fourth-order valence-electron chi connectivity index (χ4n) is 2.44. The third kappa shape index (κ3) is 2.13. The van der Waals surface area contributed by atoms with Crippen molar-refractivity contribution in [1.29, 1.82) is 0 Å². The number of aromatic nitrogens is 2. The molecule has 0 aliphatic carbocycles. The standard InChI is InChI=1S/C15H15ClGeN2/c1-17(2,3)13-6-4-5-11-10-7-8-18-15(16)12(10)9-19-14(11)13/h4-9H,1-3H3. The van der Waals surface area contributed by atoms with Crippen LogP contribution in [0.1, 0.15) is 0 Å². The molecule has 0 amide bonds. The molecular formula is C15H15ClGeN2. The molecule has 0 aliphatic rings. The van der Waals surface area contributed by atoms with Gasteiger partial charge in [0, 0.05) is 0 Å². The first kappa shape index (κ1) is 12.9. The van der Waals surface area contributed by atoms with Gasteiger partial charge in [-0.3, -0.25) is 0 Å². The number of rotatable bonds is 1. The van der Waals surface area contributed by atoms with Crippen LogP contribution in [0.25, 0.3) is 21.7 Å². The summed E-state index contributed by atoms with van der Waals surface area (Å²) in [5.74, 6) is 7.17. The number of hydrogen-bond donors (Lipinski definition) is 0. The Hall–Kier alpha value is -1.13. The molecule has 0 saturated carbocycles. The van der Waals surface area contributed by atoms with Gasteiger partial charge in [-0.15, -0.1) is 0 Å². The van der Waals surface area contributed by atoms with Crippen molar-refractivity contribution in [3.8, 4) is 0 Å². The summed E-state index contributed by atoms with van der Waals surface area (Å²) in [7, 11) is 0. The third-order valence-corrected chi connectivity index (χ3v) is 7.94. The molecule has 0 unspecified atom stereocenters. The van der Waals surface area contributed by atoms with Crippen molar-refractivity contribution in [3.05, 3.63) is 41.8 Å². The molecule has 1 aromatic carbocycles. The molecule has 0 saturated heterocycles. The minimum atomic E-state index is -1.93. The van der Waals surface area contributed by atoms with Crippen molar-refractivity contribution in [2.75, 3.05) is 0 Å². The Morgan fingerprint density at radius 2 is 1.74 bits per heavy atom. The van der Waals surface area contributed by atoms with Crippen molar-refractivity contribution >= 4 is 50.9 Å². The van der Waals surface area contributed by atoms with Gasteiger partial charge in [-0.2, -0.15) is 0 Å². The number of hydrogen-bond acceptors (Lipinski definition) is 2. The van der Waals surface area contributed by atoms with Crippen LogP contribution in [0, 0.1) is 0 Å². The molecule has 0 bridgehead atoms. The summed E-state index contributed by atoms with van der Waals surface area (Å²) >= 11 is 4.22. The summed E-state index contributed by atoms with van der Waals surface area (Å²) in [5, 5.41) is 3.77. The summed E-state index contributed by atoms with van der Waals surface area (Å²) in [6.07, 6.45) is 3.61. The number of fused-ring (bicyclic) bond motifs is 3. The van der Waals surface area contributed by atoms with E-state index in [-0.39, 0.29) is 0 Å². The van der Waals surface area contributed by atoms with Gasteiger partial charge in [-0.05, 0) is 0 Å². The van der Waals surface area contributed by atoms with Crippen molar-refractivity contribution in [2.24, 2.45) is 0 Å². The molecule has 4 heteroatoms. The average molecular weight is 331 g/mol. The van der Waals surface area contributed by atoms with E-state index in [1.807, 2.05) is 12.3 Å². The van der Waals surface area contributed by atoms with Gasteiger partial charge >= 0.3 is 120 Å². The van der Waals surface area contributed by atoms with Gasteiger partial charge in [-0.25, -0.2) is 0 Å². The number of benzene rings is 1. The number of halogens is 1. The first-order valence-electron chi connectivity index (χ1n) is 6.31. The quantitative estimate of drug-likeness (QED) is 0.383. The fraction of sp³-hybridized carbons (Fsp3) is 0.200. The first-order chi connectivity index (χ1) is 8.98. The van der Waals surface area contributed by atoms with Crippen LogP contribution in [0.4, 0.5) is 0 Å². The average Bonchev–Trinajstić information content (AvgIpc) is 2.37. The first-order valence-corrected chi connectivity index (χ1v) is 14.0. The molecule has 0 fully saturated rings. The maximum atomic E-state index is 6.15. The van der Waals surface area contributed by atoms with E-state index in [1.54, 1.807) is 6.20 Å². The second kappa shape index (κ2) is 4.46. The summed E-state index contributed by atoms with van der Waals surface area (Å²) in [6, 6.07) is 8.50. The van der Waals surface area contributed by atoms with E-state index in [0.29, 0.717) is 5.15 Å². The molecule has 2 nitrogen and oxygen atoms in total. The molecule has 3 aromatic rings. The van der Waals surface area contributed by atoms with Crippen LogP contribution in [0.15, 0.2) is 36.7 Å². The normalized spacial score (nSPS) is 12.2. The van der Waals surface area contributed by atoms with Gasteiger partial charge in [0.2, 0.25) is 0 Å². The van der Waals surface area contributed by atoms with Gasteiger partial charge in [0.05, 0.1) is 0 Å². The summed E-state index contributed by atoms with van der Waals surface area (Å²) in [5.41, 5.74) is 1.13. The Balaban J connectivity index is 2.49. The molecule has 2 heterocycles. The molecule has 0 N–H and O–H groups in total. The van der Waals surface area contributed by atoms with Crippen LogP contribution in [0.2, 0.25) is 22.4 Å². The number of para-hydroxylation sites is 1. The minimum absolute atomic E-state index is 0.523.